The summed E-state index contributed by atoms with van der Waals surface area (Å²) in [6.45, 7) is -0.641. The molecule has 0 amide bonds. The predicted molar refractivity (Wildman–Crippen MR) is 105 cm³/mol. The van der Waals surface area contributed by atoms with E-state index in [1.54, 1.807) is 0 Å². The van der Waals surface area contributed by atoms with Gasteiger partial charge in [0.25, 0.3) is 0 Å². The summed E-state index contributed by atoms with van der Waals surface area (Å²) in [4.78, 5) is 0. The zero-order chi connectivity index (χ0) is 23.2. The minimum atomic E-state index is -1.68. The zero-order valence-electron chi connectivity index (χ0n) is 16.6. The second-order valence-corrected chi connectivity index (χ2v) is 7.79. The third-order valence-electron chi connectivity index (χ3n) is 5.59. The van der Waals surface area contributed by atoms with Gasteiger partial charge in [-0.1, -0.05) is 6.07 Å². The largest absolute Gasteiger partial charge is 0.508 e. The highest BCUT2D eigenvalue weighted by atomic mass is 16.7. The van der Waals surface area contributed by atoms with Crippen LogP contribution in [0.15, 0.2) is 30.3 Å². The van der Waals surface area contributed by atoms with E-state index in [4.69, 9.17) is 14.2 Å². The Morgan fingerprint density at radius 3 is 2.38 bits per heavy atom. The van der Waals surface area contributed by atoms with E-state index < -0.39 is 49.5 Å². The lowest BCUT2D eigenvalue weighted by Gasteiger charge is -2.39. The highest BCUT2D eigenvalue weighted by Crippen LogP contribution is 2.43. The van der Waals surface area contributed by atoms with E-state index in [2.05, 4.69) is 0 Å². The van der Waals surface area contributed by atoms with Crippen LogP contribution in [0.1, 0.15) is 17.2 Å². The summed E-state index contributed by atoms with van der Waals surface area (Å²) in [5.74, 6) is -0.759. The average Bonchev–Trinajstić information content (AvgIpc) is 2.75. The number of rotatable bonds is 4. The molecule has 174 valence electrons. The lowest BCUT2D eigenvalue weighted by atomic mass is 9.94. The third kappa shape index (κ3) is 4.01. The number of hydrogen-bond donors (Lipinski definition) is 8. The summed E-state index contributed by atoms with van der Waals surface area (Å²) < 4.78 is 16.6. The van der Waals surface area contributed by atoms with Crippen LogP contribution in [0.2, 0.25) is 0 Å². The van der Waals surface area contributed by atoms with E-state index in [1.165, 1.54) is 24.3 Å². The van der Waals surface area contributed by atoms with Crippen molar-refractivity contribution in [1.29, 1.82) is 0 Å². The van der Waals surface area contributed by atoms with Gasteiger partial charge in [0.1, 0.15) is 47.8 Å². The van der Waals surface area contributed by atoms with Crippen LogP contribution in [-0.2, 0) is 11.2 Å². The minimum absolute atomic E-state index is 0.0376. The lowest BCUT2D eigenvalue weighted by Crippen LogP contribution is -2.60. The van der Waals surface area contributed by atoms with E-state index in [-0.39, 0.29) is 35.2 Å². The van der Waals surface area contributed by atoms with E-state index >= 15 is 0 Å². The number of aliphatic hydroxyl groups excluding tert-OH is 5. The van der Waals surface area contributed by atoms with Crippen LogP contribution in [-0.4, -0.2) is 84.3 Å². The Kier molecular flexibility index (Phi) is 6.03. The molecule has 7 atom stereocenters. The van der Waals surface area contributed by atoms with E-state index in [0.717, 1.165) is 6.07 Å². The topological polar surface area (TPSA) is 190 Å². The normalized spacial score (nSPS) is 32.1. The van der Waals surface area contributed by atoms with Crippen LogP contribution in [0.25, 0.3) is 0 Å². The van der Waals surface area contributed by atoms with Crippen LogP contribution in [0.4, 0.5) is 0 Å². The number of phenolic OH excluding ortho intramolecular Hbond substituents is 3. The minimum Gasteiger partial charge on any atom is -0.508 e. The molecule has 1 saturated heterocycles. The molecule has 11 nitrogen and oxygen atoms in total. The monoisotopic (exact) mass is 452 g/mol. The number of aromatic hydroxyl groups is 3. The van der Waals surface area contributed by atoms with Gasteiger partial charge in [-0.2, -0.15) is 0 Å². The Bertz CT molecular complexity index is 978. The van der Waals surface area contributed by atoms with Gasteiger partial charge in [-0.05, 0) is 17.7 Å². The smallest absolute Gasteiger partial charge is 0.229 e. The fourth-order valence-electron chi connectivity index (χ4n) is 3.84. The number of aliphatic hydroxyl groups is 5. The molecule has 0 spiro atoms. The van der Waals surface area contributed by atoms with Crippen molar-refractivity contribution in [3.8, 4) is 28.7 Å². The Labute approximate surface area is 181 Å². The molecule has 4 rings (SSSR count). The fraction of sp³-hybridized carbons (Fsp3) is 0.429. The van der Waals surface area contributed by atoms with Gasteiger partial charge in [0.2, 0.25) is 6.29 Å². The number of fused-ring (bicyclic) bond motifs is 1. The zero-order valence-corrected chi connectivity index (χ0v) is 16.6. The second kappa shape index (κ2) is 8.62. The first kappa shape index (κ1) is 22.4. The molecule has 1 fully saturated rings. The predicted octanol–water partition coefficient (Wildman–Crippen LogP) is -0.981. The molecule has 2 aliphatic rings. The van der Waals surface area contributed by atoms with Gasteiger partial charge in [0.15, 0.2) is 11.5 Å². The van der Waals surface area contributed by atoms with Crippen molar-refractivity contribution >= 4 is 0 Å². The van der Waals surface area contributed by atoms with Crippen LogP contribution in [0.5, 0.6) is 28.7 Å². The van der Waals surface area contributed by atoms with Gasteiger partial charge in [-0.3, -0.25) is 0 Å². The van der Waals surface area contributed by atoms with Crippen LogP contribution >= 0.6 is 0 Å². The quantitative estimate of drug-likeness (QED) is 0.285. The molecule has 2 heterocycles. The lowest BCUT2D eigenvalue weighted by molar-refractivity contribution is -0.277. The van der Waals surface area contributed by atoms with Gasteiger partial charge >= 0.3 is 0 Å². The Hall–Kier alpha value is -2.80. The first-order valence-corrected chi connectivity index (χ1v) is 9.89. The van der Waals surface area contributed by atoms with E-state index in [1.807, 2.05) is 0 Å². The van der Waals surface area contributed by atoms with Crippen molar-refractivity contribution in [3.05, 3.63) is 41.5 Å². The Morgan fingerprint density at radius 2 is 1.66 bits per heavy atom. The van der Waals surface area contributed by atoms with Gasteiger partial charge in [0.05, 0.1) is 12.7 Å². The second-order valence-electron chi connectivity index (χ2n) is 7.79. The molecular formula is C21H24O11. The van der Waals surface area contributed by atoms with E-state index in [9.17, 15) is 40.9 Å². The standard InChI is InChI=1S/C21H24O11/c22-7-16-17(27)18(28)19(29)21(32-16)31-15-3-8(1-2-11(15)24)20-13(26)6-10-12(25)4-9(23)5-14(10)30-20/h1-5,13,16-29H,6-7H2/t13-,16+,17+,18-,19+,20+,21+/m0/s1. The Balaban J connectivity index is 1.59. The molecule has 0 aromatic heterocycles. The maximum Gasteiger partial charge on any atom is 0.229 e. The fourth-order valence-corrected chi connectivity index (χ4v) is 3.84. The molecular weight excluding hydrogens is 428 g/mol. The maximum absolute atomic E-state index is 10.6. The molecule has 32 heavy (non-hydrogen) atoms. The highest BCUT2D eigenvalue weighted by molar-refractivity contribution is 5.52. The first-order valence-electron chi connectivity index (χ1n) is 9.89. The summed E-state index contributed by atoms with van der Waals surface area (Å²) in [7, 11) is 0. The van der Waals surface area contributed by atoms with E-state index in [0.29, 0.717) is 11.1 Å². The van der Waals surface area contributed by atoms with Gasteiger partial charge in [0, 0.05) is 24.1 Å². The maximum atomic E-state index is 10.6. The SMILES string of the molecule is OC[C@H]1O[C@@H](Oc2cc([C@H]3Oc4cc(O)cc(O)c4C[C@@H]3O)ccc2O)[C@H](O)[C@@H](O)[C@@H]1O. The molecule has 2 aromatic rings. The average molecular weight is 452 g/mol. The van der Waals surface area contributed by atoms with Crippen LogP contribution < -0.4 is 9.47 Å². The summed E-state index contributed by atoms with van der Waals surface area (Å²) >= 11 is 0. The number of benzene rings is 2. The molecule has 2 aromatic carbocycles. The molecule has 8 N–H and O–H groups in total. The first-order chi connectivity index (χ1) is 15.2. The molecule has 11 heteroatoms. The van der Waals surface area contributed by atoms with Crippen molar-refractivity contribution in [3.63, 3.8) is 0 Å². The van der Waals surface area contributed by atoms with Crippen LogP contribution in [0, 0.1) is 0 Å². The number of ether oxygens (including phenoxy) is 3. The molecule has 0 radical (unpaired) electrons. The van der Waals surface area contributed by atoms with Crippen molar-refractivity contribution < 1.29 is 55.1 Å². The van der Waals surface area contributed by atoms with Gasteiger partial charge < -0.3 is 55.1 Å². The van der Waals surface area contributed by atoms with Crippen molar-refractivity contribution in [2.45, 2.75) is 49.3 Å². The van der Waals surface area contributed by atoms with Crippen LogP contribution in [0.3, 0.4) is 0 Å². The van der Waals surface area contributed by atoms with Crippen molar-refractivity contribution in [2.75, 3.05) is 6.61 Å². The molecule has 0 bridgehead atoms. The third-order valence-corrected chi connectivity index (χ3v) is 5.59. The molecule has 2 aliphatic heterocycles. The van der Waals surface area contributed by atoms with Gasteiger partial charge in [-0.15, -0.1) is 0 Å². The summed E-state index contributed by atoms with van der Waals surface area (Å²) in [5.41, 5.74) is 0.700. The summed E-state index contributed by atoms with van der Waals surface area (Å²) in [6, 6.07) is 6.51. The highest BCUT2D eigenvalue weighted by Gasteiger charge is 2.45. The van der Waals surface area contributed by atoms with Crippen molar-refractivity contribution in [2.24, 2.45) is 0 Å². The number of hydrogen-bond acceptors (Lipinski definition) is 11. The van der Waals surface area contributed by atoms with Gasteiger partial charge in [-0.25, -0.2) is 0 Å². The summed E-state index contributed by atoms with van der Waals surface area (Å²) in [6.07, 6.45) is -9.59. The molecule has 0 unspecified atom stereocenters. The Morgan fingerprint density at radius 1 is 0.906 bits per heavy atom. The molecule has 0 aliphatic carbocycles. The number of phenols is 3. The molecule has 0 saturated carbocycles. The van der Waals surface area contributed by atoms with Crippen molar-refractivity contribution in [1.82, 2.24) is 0 Å². The summed E-state index contributed by atoms with van der Waals surface area (Å²) in [5, 5.41) is 79.7.